The van der Waals surface area contributed by atoms with E-state index >= 15 is 0 Å². The molecule has 0 spiro atoms. The largest absolute Gasteiger partial charge is 0.378 e. The molecule has 1 atom stereocenters. The highest BCUT2D eigenvalue weighted by Crippen LogP contribution is 2.20. The lowest BCUT2D eigenvalue weighted by molar-refractivity contribution is -0.116. The first-order valence-electron chi connectivity index (χ1n) is 7.88. The van der Waals surface area contributed by atoms with E-state index in [4.69, 9.17) is 4.74 Å². The van der Waals surface area contributed by atoms with E-state index in [0.717, 1.165) is 36.9 Å². The molecule has 1 fully saturated rings. The first kappa shape index (κ1) is 15.0. The summed E-state index contributed by atoms with van der Waals surface area (Å²) in [6, 6.07) is 2.18. The number of aromatic nitrogens is 3. The van der Waals surface area contributed by atoms with E-state index in [1.165, 1.54) is 0 Å². The van der Waals surface area contributed by atoms with Crippen molar-refractivity contribution in [2.75, 3.05) is 11.9 Å². The molecule has 1 unspecified atom stereocenters. The van der Waals surface area contributed by atoms with Gasteiger partial charge in [-0.1, -0.05) is 0 Å². The lowest BCUT2D eigenvalue weighted by Crippen LogP contribution is -2.15. The SMILES string of the molecule is CC(C)n1ncc2cc(NC(=O)CCC3CCCO3)cnc21. The van der Waals surface area contributed by atoms with Crippen molar-refractivity contribution in [3.05, 3.63) is 18.5 Å². The second-order valence-corrected chi connectivity index (χ2v) is 6.04. The Morgan fingerprint density at radius 1 is 1.50 bits per heavy atom. The Kier molecular flexibility index (Phi) is 4.38. The van der Waals surface area contributed by atoms with Crippen LogP contribution in [-0.2, 0) is 9.53 Å². The Balaban J connectivity index is 1.62. The third kappa shape index (κ3) is 3.27. The molecule has 1 N–H and O–H groups in total. The van der Waals surface area contributed by atoms with E-state index in [1.54, 1.807) is 12.4 Å². The van der Waals surface area contributed by atoms with Gasteiger partial charge in [-0.3, -0.25) is 4.79 Å². The maximum absolute atomic E-state index is 12.0. The molecule has 0 saturated carbocycles. The van der Waals surface area contributed by atoms with E-state index in [2.05, 4.69) is 29.2 Å². The smallest absolute Gasteiger partial charge is 0.224 e. The molecule has 1 saturated heterocycles. The molecule has 1 amide bonds. The molecule has 118 valence electrons. The number of hydrogen-bond acceptors (Lipinski definition) is 4. The van der Waals surface area contributed by atoms with Gasteiger partial charge in [0, 0.05) is 24.5 Å². The lowest BCUT2D eigenvalue weighted by atomic mass is 10.1. The fourth-order valence-electron chi connectivity index (χ4n) is 2.77. The predicted molar refractivity (Wildman–Crippen MR) is 84.8 cm³/mol. The zero-order valence-electron chi connectivity index (χ0n) is 13.1. The molecule has 0 bridgehead atoms. The predicted octanol–water partition coefficient (Wildman–Crippen LogP) is 2.91. The first-order chi connectivity index (χ1) is 10.6. The lowest BCUT2D eigenvalue weighted by Gasteiger charge is -2.10. The highest BCUT2D eigenvalue weighted by atomic mass is 16.5. The Hall–Kier alpha value is -1.95. The normalized spacial score (nSPS) is 18.2. The van der Waals surface area contributed by atoms with Crippen molar-refractivity contribution in [3.8, 4) is 0 Å². The Morgan fingerprint density at radius 3 is 3.09 bits per heavy atom. The number of amides is 1. The summed E-state index contributed by atoms with van der Waals surface area (Å²) in [6.45, 7) is 4.95. The molecule has 2 aromatic heterocycles. The van der Waals surface area contributed by atoms with Gasteiger partial charge in [0.05, 0.1) is 24.2 Å². The van der Waals surface area contributed by atoms with E-state index in [9.17, 15) is 4.79 Å². The van der Waals surface area contributed by atoms with Crippen LogP contribution in [0.1, 0.15) is 45.6 Å². The highest BCUT2D eigenvalue weighted by molar-refractivity contribution is 5.92. The van der Waals surface area contributed by atoms with Crippen molar-refractivity contribution >= 4 is 22.6 Å². The number of fused-ring (bicyclic) bond motifs is 1. The van der Waals surface area contributed by atoms with Gasteiger partial charge in [-0.2, -0.15) is 5.10 Å². The number of ether oxygens (including phenoxy) is 1. The molecule has 0 aliphatic carbocycles. The van der Waals surface area contributed by atoms with Gasteiger partial charge < -0.3 is 10.1 Å². The van der Waals surface area contributed by atoms with Crippen molar-refractivity contribution in [2.45, 2.75) is 51.7 Å². The molecule has 2 aromatic rings. The topological polar surface area (TPSA) is 69.0 Å². The molecule has 3 heterocycles. The minimum Gasteiger partial charge on any atom is -0.378 e. The van der Waals surface area contributed by atoms with Gasteiger partial charge in [-0.15, -0.1) is 0 Å². The van der Waals surface area contributed by atoms with Crippen LogP contribution in [0.2, 0.25) is 0 Å². The van der Waals surface area contributed by atoms with Gasteiger partial charge >= 0.3 is 0 Å². The number of pyridine rings is 1. The monoisotopic (exact) mass is 302 g/mol. The number of carbonyl (C=O) groups excluding carboxylic acids is 1. The van der Waals surface area contributed by atoms with Crippen LogP contribution in [0, 0.1) is 0 Å². The number of nitrogens with zero attached hydrogens (tertiary/aromatic N) is 3. The van der Waals surface area contributed by atoms with Crippen LogP contribution in [0.5, 0.6) is 0 Å². The molecule has 3 rings (SSSR count). The van der Waals surface area contributed by atoms with Crippen molar-refractivity contribution in [1.29, 1.82) is 0 Å². The number of rotatable bonds is 5. The maximum Gasteiger partial charge on any atom is 0.224 e. The van der Waals surface area contributed by atoms with Gasteiger partial charge in [-0.25, -0.2) is 9.67 Å². The second-order valence-electron chi connectivity index (χ2n) is 6.04. The molecular formula is C16H22N4O2. The summed E-state index contributed by atoms with van der Waals surface area (Å²) in [5.41, 5.74) is 1.56. The van der Waals surface area contributed by atoms with Crippen LogP contribution >= 0.6 is 0 Å². The van der Waals surface area contributed by atoms with Crippen molar-refractivity contribution in [2.24, 2.45) is 0 Å². The Morgan fingerprint density at radius 2 is 2.36 bits per heavy atom. The number of nitrogens with one attached hydrogen (secondary N) is 1. The quantitative estimate of drug-likeness (QED) is 0.922. The molecule has 6 nitrogen and oxygen atoms in total. The van der Waals surface area contributed by atoms with E-state index < -0.39 is 0 Å². The molecule has 0 aromatic carbocycles. The third-order valence-electron chi connectivity index (χ3n) is 3.92. The van der Waals surface area contributed by atoms with Gasteiger partial charge in [0.25, 0.3) is 0 Å². The summed E-state index contributed by atoms with van der Waals surface area (Å²) in [5.74, 6) is 0.00732. The fraction of sp³-hybridized carbons (Fsp3) is 0.562. The van der Waals surface area contributed by atoms with Crippen molar-refractivity contribution in [3.63, 3.8) is 0 Å². The molecular weight excluding hydrogens is 280 g/mol. The van der Waals surface area contributed by atoms with Gasteiger partial charge in [-0.05, 0) is 39.2 Å². The van der Waals surface area contributed by atoms with Crippen molar-refractivity contribution in [1.82, 2.24) is 14.8 Å². The highest BCUT2D eigenvalue weighted by Gasteiger charge is 2.17. The molecule has 1 aliphatic heterocycles. The van der Waals surface area contributed by atoms with E-state index in [0.29, 0.717) is 12.1 Å². The summed E-state index contributed by atoms with van der Waals surface area (Å²) in [7, 11) is 0. The summed E-state index contributed by atoms with van der Waals surface area (Å²) in [5, 5.41) is 8.17. The van der Waals surface area contributed by atoms with Crippen LogP contribution < -0.4 is 5.32 Å². The zero-order valence-corrected chi connectivity index (χ0v) is 13.1. The van der Waals surface area contributed by atoms with Crippen LogP contribution in [0.15, 0.2) is 18.5 Å². The minimum atomic E-state index is 0.00732. The molecule has 0 radical (unpaired) electrons. The standard InChI is InChI=1S/C16H22N4O2/c1-11(2)20-16-12(9-18-20)8-13(10-17-16)19-15(21)6-5-14-4-3-7-22-14/h8-11,14H,3-7H2,1-2H3,(H,19,21). The van der Waals surface area contributed by atoms with Gasteiger partial charge in [0.2, 0.25) is 5.91 Å². The zero-order chi connectivity index (χ0) is 15.5. The minimum absolute atomic E-state index is 0.00732. The van der Waals surface area contributed by atoms with Gasteiger partial charge in [0.1, 0.15) is 0 Å². The summed E-state index contributed by atoms with van der Waals surface area (Å²) >= 11 is 0. The van der Waals surface area contributed by atoms with E-state index in [-0.39, 0.29) is 18.1 Å². The summed E-state index contributed by atoms with van der Waals surface area (Å²) < 4.78 is 7.41. The fourth-order valence-corrected chi connectivity index (χ4v) is 2.77. The van der Waals surface area contributed by atoms with E-state index in [1.807, 2.05) is 10.7 Å². The third-order valence-corrected chi connectivity index (χ3v) is 3.92. The molecule has 6 heteroatoms. The number of anilines is 1. The van der Waals surface area contributed by atoms with Crippen LogP contribution in [0.25, 0.3) is 11.0 Å². The molecule has 1 aliphatic rings. The average Bonchev–Trinajstić information content (AvgIpc) is 3.14. The number of hydrogen-bond donors (Lipinski definition) is 1. The first-order valence-corrected chi connectivity index (χ1v) is 7.88. The Labute approximate surface area is 129 Å². The Bertz CT molecular complexity index is 659. The van der Waals surface area contributed by atoms with Gasteiger partial charge in [0.15, 0.2) is 5.65 Å². The van der Waals surface area contributed by atoms with Crippen LogP contribution in [0.3, 0.4) is 0 Å². The van der Waals surface area contributed by atoms with Crippen molar-refractivity contribution < 1.29 is 9.53 Å². The molecule has 22 heavy (non-hydrogen) atoms. The van der Waals surface area contributed by atoms with Crippen LogP contribution in [-0.4, -0.2) is 33.4 Å². The average molecular weight is 302 g/mol. The summed E-state index contributed by atoms with van der Waals surface area (Å²) in [6.07, 6.45) is 7.15. The maximum atomic E-state index is 12.0. The van der Waals surface area contributed by atoms with Crippen LogP contribution in [0.4, 0.5) is 5.69 Å². The number of carbonyl (C=O) groups is 1. The second kappa shape index (κ2) is 6.44. The summed E-state index contributed by atoms with van der Waals surface area (Å²) in [4.78, 5) is 16.4.